The summed E-state index contributed by atoms with van der Waals surface area (Å²) >= 11 is 0. The highest BCUT2D eigenvalue weighted by atomic mass is 16.3. The zero-order chi connectivity index (χ0) is 30.2. The van der Waals surface area contributed by atoms with Crippen LogP contribution in [-0.4, -0.2) is 9.97 Å². The molecule has 0 spiro atoms. The first-order valence-corrected chi connectivity index (χ1v) is 14.8. The molecule has 0 amide bonds. The van der Waals surface area contributed by atoms with E-state index < -0.39 is 0 Å². The van der Waals surface area contributed by atoms with E-state index in [2.05, 4.69) is 78.9 Å². The van der Waals surface area contributed by atoms with E-state index in [0.717, 1.165) is 78.1 Å². The van der Waals surface area contributed by atoms with Crippen LogP contribution in [0.1, 0.15) is 5.56 Å². The Hall–Kier alpha value is -6.31. The van der Waals surface area contributed by atoms with Gasteiger partial charge in [0.05, 0.1) is 28.7 Å². The maximum absolute atomic E-state index is 9.22. The van der Waals surface area contributed by atoms with Gasteiger partial charge in [-0.3, -0.25) is 0 Å². The molecule has 0 unspecified atom stereocenters. The quantitative estimate of drug-likeness (QED) is 0.205. The molecule has 0 aliphatic heterocycles. The zero-order valence-electron chi connectivity index (χ0n) is 24.2. The van der Waals surface area contributed by atoms with Crippen LogP contribution in [0.3, 0.4) is 0 Å². The van der Waals surface area contributed by atoms with Crippen LogP contribution < -0.4 is 0 Å². The van der Waals surface area contributed by atoms with E-state index in [1.165, 1.54) is 0 Å². The van der Waals surface area contributed by atoms with E-state index in [1.54, 1.807) is 0 Å². The lowest BCUT2D eigenvalue weighted by Crippen LogP contribution is -2.01. The second-order valence-electron chi connectivity index (χ2n) is 10.9. The zero-order valence-corrected chi connectivity index (χ0v) is 24.2. The fourth-order valence-corrected chi connectivity index (χ4v) is 5.91. The standard InChI is InChI=1S/C41H25N3O/c42-26-27-18-20-28(21-19-27)29-22-24-32(25-23-29)39-40(35-16-9-15-34-33-14-7-8-17-36(33)45-41(34)35)44-38(31-12-5-2-6-13-31)37(43-39)30-10-3-1-4-11-30/h1-25H. The summed E-state index contributed by atoms with van der Waals surface area (Å²) in [4.78, 5) is 10.8. The van der Waals surface area contributed by atoms with E-state index in [-0.39, 0.29) is 0 Å². The van der Waals surface area contributed by atoms with Gasteiger partial charge in [-0.15, -0.1) is 0 Å². The summed E-state index contributed by atoms with van der Waals surface area (Å²) < 4.78 is 6.49. The van der Waals surface area contributed by atoms with Crippen molar-refractivity contribution in [2.24, 2.45) is 0 Å². The van der Waals surface area contributed by atoms with Crippen LogP contribution in [0.2, 0.25) is 0 Å². The molecular weight excluding hydrogens is 550 g/mol. The van der Waals surface area contributed by atoms with Crippen LogP contribution in [0.25, 0.3) is 78.1 Å². The molecule has 2 heterocycles. The minimum Gasteiger partial charge on any atom is -0.455 e. The van der Waals surface area contributed by atoms with Crippen molar-refractivity contribution in [2.45, 2.75) is 0 Å². The van der Waals surface area contributed by atoms with Gasteiger partial charge in [0.2, 0.25) is 0 Å². The second kappa shape index (κ2) is 11.1. The largest absolute Gasteiger partial charge is 0.455 e. The molecule has 0 fully saturated rings. The average Bonchev–Trinajstić information content (AvgIpc) is 3.51. The highest BCUT2D eigenvalue weighted by molar-refractivity contribution is 6.10. The van der Waals surface area contributed by atoms with Gasteiger partial charge in [0.15, 0.2) is 0 Å². The van der Waals surface area contributed by atoms with Crippen molar-refractivity contribution in [1.29, 1.82) is 5.26 Å². The summed E-state index contributed by atoms with van der Waals surface area (Å²) in [5.41, 5.74) is 11.3. The van der Waals surface area contributed by atoms with E-state index in [0.29, 0.717) is 5.56 Å². The maximum Gasteiger partial charge on any atom is 0.144 e. The number of hydrogen-bond donors (Lipinski definition) is 0. The Morgan fingerprint density at radius 3 is 1.56 bits per heavy atom. The lowest BCUT2D eigenvalue weighted by atomic mass is 9.97. The molecular formula is C41H25N3O. The normalized spacial score (nSPS) is 11.1. The highest BCUT2D eigenvalue weighted by Gasteiger charge is 2.22. The summed E-state index contributed by atoms with van der Waals surface area (Å²) in [5, 5.41) is 11.3. The predicted octanol–water partition coefficient (Wildman–Crippen LogP) is 10.6. The first kappa shape index (κ1) is 26.3. The van der Waals surface area contributed by atoms with Crippen LogP contribution in [0, 0.1) is 11.3 Å². The lowest BCUT2D eigenvalue weighted by molar-refractivity contribution is 0.670. The Kier molecular flexibility index (Phi) is 6.48. The van der Waals surface area contributed by atoms with Crippen molar-refractivity contribution in [3.05, 3.63) is 157 Å². The summed E-state index contributed by atoms with van der Waals surface area (Å²) in [6, 6.07) is 53.0. The molecule has 6 aromatic carbocycles. The molecule has 4 nitrogen and oxygen atoms in total. The van der Waals surface area contributed by atoms with Gasteiger partial charge in [-0.2, -0.15) is 5.26 Å². The molecule has 0 N–H and O–H groups in total. The topological polar surface area (TPSA) is 62.7 Å². The third-order valence-corrected chi connectivity index (χ3v) is 8.16. The monoisotopic (exact) mass is 575 g/mol. The Morgan fingerprint density at radius 2 is 0.911 bits per heavy atom. The smallest absolute Gasteiger partial charge is 0.144 e. The lowest BCUT2D eigenvalue weighted by Gasteiger charge is -2.16. The van der Waals surface area contributed by atoms with Gasteiger partial charge in [0.1, 0.15) is 16.9 Å². The van der Waals surface area contributed by atoms with Gasteiger partial charge >= 0.3 is 0 Å². The number of hydrogen-bond acceptors (Lipinski definition) is 4. The molecule has 0 aliphatic rings. The van der Waals surface area contributed by atoms with E-state index in [4.69, 9.17) is 14.4 Å². The molecule has 0 bridgehead atoms. The average molecular weight is 576 g/mol. The number of furan rings is 1. The van der Waals surface area contributed by atoms with Crippen LogP contribution in [-0.2, 0) is 0 Å². The molecule has 2 aromatic heterocycles. The summed E-state index contributed by atoms with van der Waals surface area (Å²) in [6.07, 6.45) is 0. The molecule has 8 rings (SSSR count). The van der Waals surface area contributed by atoms with Crippen LogP contribution in [0.5, 0.6) is 0 Å². The van der Waals surface area contributed by atoms with E-state index in [1.807, 2.05) is 78.9 Å². The Labute approximate surface area is 260 Å². The van der Waals surface area contributed by atoms with Crippen molar-refractivity contribution in [3.63, 3.8) is 0 Å². The summed E-state index contributed by atoms with van der Waals surface area (Å²) in [7, 11) is 0. The van der Waals surface area contributed by atoms with E-state index >= 15 is 0 Å². The molecule has 0 saturated heterocycles. The number of rotatable bonds is 5. The van der Waals surface area contributed by atoms with Crippen LogP contribution >= 0.6 is 0 Å². The van der Waals surface area contributed by atoms with E-state index in [9.17, 15) is 5.26 Å². The highest BCUT2D eigenvalue weighted by Crippen LogP contribution is 2.41. The van der Waals surface area contributed by atoms with Crippen LogP contribution in [0.15, 0.2) is 156 Å². The van der Waals surface area contributed by atoms with Gasteiger partial charge in [-0.1, -0.05) is 127 Å². The fraction of sp³-hybridized carbons (Fsp3) is 0. The summed E-state index contributed by atoms with van der Waals surface area (Å²) in [5.74, 6) is 0. The van der Waals surface area contributed by atoms with Gasteiger partial charge < -0.3 is 4.42 Å². The van der Waals surface area contributed by atoms with Gasteiger partial charge in [0, 0.05) is 33.0 Å². The molecule has 4 heteroatoms. The Balaban J connectivity index is 1.39. The van der Waals surface area contributed by atoms with Gasteiger partial charge in [-0.05, 0) is 35.4 Å². The third-order valence-electron chi connectivity index (χ3n) is 8.16. The van der Waals surface area contributed by atoms with Crippen molar-refractivity contribution in [2.75, 3.05) is 0 Å². The number of para-hydroxylation sites is 2. The SMILES string of the molecule is N#Cc1ccc(-c2ccc(-c3nc(-c4ccccc4)c(-c4ccccc4)nc3-c3cccc4c3oc3ccccc34)cc2)cc1. The molecule has 45 heavy (non-hydrogen) atoms. The van der Waals surface area contributed by atoms with Gasteiger partial charge in [0.25, 0.3) is 0 Å². The second-order valence-corrected chi connectivity index (χ2v) is 10.9. The predicted molar refractivity (Wildman–Crippen MR) is 181 cm³/mol. The summed E-state index contributed by atoms with van der Waals surface area (Å²) in [6.45, 7) is 0. The number of nitrogens with zero attached hydrogens (tertiary/aromatic N) is 3. The number of nitriles is 1. The first-order chi connectivity index (χ1) is 22.3. The van der Waals surface area contributed by atoms with Crippen molar-refractivity contribution in [3.8, 4) is 62.2 Å². The Bertz CT molecular complexity index is 2350. The Morgan fingerprint density at radius 1 is 0.422 bits per heavy atom. The van der Waals surface area contributed by atoms with Crippen molar-refractivity contribution in [1.82, 2.24) is 9.97 Å². The molecule has 210 valence electrons. The maximum atomic E-state index is 9.22. The van der Waals surface area contributed by atoms with Crippen LogP contribution in [0.4, 0.5) is 0 Å². The minimum atomic E-state index is 0.641. The minimum absolute atomic E-state index is 0.641. The first-order valence-electron chi connectivity index (χ1n) is 14.8. The molecule has 0 atom stereocenters. The third kappa shape index (κ3) is 4.74. The molecule has 0 radical (unpaired) electrons. The van der Waals surface area contributed by atoms with Gasteiger partial charge in [-0.25, -0.2) is 9.97 Å². The number of benzene rings is 6. The fourth-order valence-electron chi connectivity index (χ4n) is 5.91. The molecule has 8 aromatic rings. The van der Waals surface area contributed by atoms with Crippen molar-refractivity contribution < 1.29 is 4.42 Å². The number of fused-ring (bicyclic) bond motifs is 3. The molecule has 0 saturated carbocycles. The van der Waals surface area contributed by atoms with Crippen molar-refractivity contribution >= 4 is 21.9 Å². The number of aromatic nitrogens is 2. The molecule has 0 aliphatic carbocycles.